The van der Waals surface area contributed by atoms with Crippen molar-refractivity contribution in [3.63, 3.8) is 0 Å². The lowest BCUT2D eigenvalue weighted by Gasteiger charge is -2.18. The number of hydrogen-bond acceptors (Lipinski definition) is 6. The summed E-state index contributed by atoms with van der Waals surface area (Å²) in [4.78, 5) is 38.1. The van der Waals surface area contributed by atoms with Gasteiger partial charge in [0.2, 0.25) is 0 Å². The molecular formula is C57H110O6. The summed E-state index contributed by atoms with van der Waals surface area (Å²) in [7, 11) is 0. The SMILES string of the molecule is CCCCCCCCCCCCCCCCCCCCC(=O)OC[C@@H](COC(=O)CCCCCCCCCCCCCCCC)OC(=O)CCCCCCCCCCCCCCC. The van der Waals surface area contributed by atoms with Crippen LogP contribution in [0.25, 0.3) is 0 Å². The second-order valence-corrected chi connectivity index (χ2v) is 19.6. The molecule has 0 aliphatic heterocycles. The first-order valence-corrected chi connectivity index (χ1v) is 28.5. The van der Waals surface area contributed by atoms with Gasteiger partial charge in [-0.3, -0.25) is 14.4 Å². The standard InChI is InChI=1S/C57H110O6/c1-4-7-10-13-16-19-22-25-27-28-29-30-33-35-38-41-44-47-50-56(59)62-53-54(63-57(60)51-48-45-42-39-36-31-24-21-18-15-12-9-6-3)52-61-55(58)49-46-43-40-37-34-32-26-23-20-17-14-11-8-5-2/h54H,4-53H2,1-3H3/t54-/m1/s1. The van der Waals surface area contributed by atoms with E-state index in [9.17, 15) is 14.4 Å². The molecule has 0 rings (SSSR count). The summed E-state index contributed by atoms with van der Waals surface area (Å²) in [6.45, 7) is 6.70. The summed E-state index contributed by atoms with van der Waals surface area (Å²) in [5.74, 6) is -0.833. The molecule has 0 unspecified atom stereocenters. The molecule has 0 heterocycles. The number of hydrogen-bond donors (Lipinski definition) is 0. The molecule has 374 valence electrons. The highest BCUT2D eigenvalue weighted by atomic mass is 16.6. The molecule has 6 nitrogen and oxygen atoms in total. The van der Waals surface area contributed by atoms with Gasteiger partial charge in [0, 0.05) is 19.3 Å². The van der Waals surface area contributed by atoms with Gasteiger partial charge in [-0.25, -0.2) is 0 Å². The van der Waals surface area contributed by atoms with Gasteiger partial charge in [-0.1, -0.05) is 290 Å². The van der Waals surface area contributed by atoms with Crippen molar-refractivity contribution in [2.75, 3.05) is 13.2 Å². The second-order valence-electron chi connectivity index (χ2n) is 19.6. The monoisotopic (exact) mass is 891 g/mol. The highest BCUT2D eigenvalue weighted by molar-refractivity contribution is 5.71. The predicted octanol–water partition coefficient (Wildman–Crippen LogP) is 18.8. The van der Waals surface area contributed by atoms with E-state index < -0.39 is 6.10 Å². The van der Waals surface area contributed by atoms with Crippen molar-refractivity contribution in [2.45, 2.75) is 335 Å². The second kappa shape index (κ2) is 53.0. The van der Waals surface area contributed by atoms with E-state index in [-0.39, 0.29) is 31.1 Å². The fourth-order valence-corrected chi connectivity index (χ4v) is 8.80. The van der Waals surface area contributed by atoms with Crippen LogP contribution in [-0.4, -0.2) is 37.2 Å². The van der Waals surface area contributed by atoms with Gasteiger partial charge in [0.25, 0.3) is 0 Å². The molecule has 0 aromatic heterocycles. The van der Waals surface area contributed by atoms with E-state index in [1.165, 1.54) is 231 Å². The molecule has 0 bridgehead atoms. The first-order valence-electron chi connectivity index (χ1n) is 28.5. The molecule has 0 N–H and O–H groups in total. The summed E-state index contributed by atoms with van der Waals surface area (Å²) in [5.41, 5.74) is 0. The third kappa shape index (κ3) is 51.3. The van der Waals surface area contributed by atoms with Crippen molar-refractivity contribution >= 4 is 17.9 Å². The number of esters is 3. The summed E-state index contributed by atoms with van der Waals surface area (Å²) in [6.07, 6.45) is 58.0. The van der Waals surface area contributed by atoms with E-state index in [1.807, 2.05) is 0 Å². The average Bonchev–Trinajstić information content (AvgIpc) is 3.28. The highest BCUT2D eigenvalue weighted by Crippen LogP contribution is 2.17. The summed E-state index contributed by atoms with van der Waals surface area (Å²) >= 11 is 0. The van der Waals surface area contributed by atoms with Crippen LogP contribution in [0.3, 0.4) is 0 Å². The van der Waals surface area contributed by atoms with Crippen molar-refractivity contribution in [3.05, 3.63) is 0 Å². The molecule has 0 amide bonds. The fourth-order valence-electron chi connectivity index (χ4n) is 8.80. The van der Waals surface area contributed by atoms with Crippen LogP contribution in [0.5, 0.6) is 0 Å². The van der Waals surface area contributed by atoms with E-state index in [0.717, 1.165) is 57.8 Å². The Labute approximate surface area is 393 Å². The van der Waals surface area contributed by atoms with Crippen LogP contribution in [0, 0.1) is 0 Å². The Bertz CT molecular complexity index is 936. The number of carbonyl (C=O) groups excluding carboxylic acids is 3. The summed E-state index contributed by atoms with van der Waals surface area (Å²) < 4.78 is 16.9. The van der Waals surface area contributed by atoms with Crippen molar-refractivity contribution < 1.29 is 28.6 Å². The van der Waals surface area contributed by atoms with Crippen molar-refractivity contribution in [1.29, 1.82) is 0 Å². The molecule has 0 spiro atoms. The lowest BCUT2D eigenvalue weighted by Crippen LogP contribution is -2.30. The molecule has 0 aromatic rings. The van der Waals surface area contributed by atoms with E-state index >= 15 is 0 Å². The minimum absolute atomic E-state index is 0.0611. The molecule has 6 heteroatoms. The van der Waals surface area contributed by atoms with Crippen LogP contribution in [0.4, 0.5) is 0 Å². The van der Waals surface area contributed by atoms with Gasteiger partial charge in [0.05, 0.1) is 0 Å². The normalized spacial score (nSPS) is 11.9. The molecule has 0 aromatic carbocycles. The van der Waals surface area contributed by atoms with Crippen LogP contribution >= 0.6 is 0 Å². The van der Waals surface area contributed by atoms with Gasteiger partial charge in [0.15, 0.2) is 6.10 Å². The molecule has 0 aliphatic carbocycles. The lowest BCUT2D eigenvalue weighted by atomic mass is 10.0. The zero-order valence-corrected chi connectivity index (χ0v) is 42.9. The largest absolute Gasteiger partial charge is 0.462 e. The maximum Gasteiger partial charge on any atom is 0.306 e. The molecule has 1 atom stereocenters. The third-order valence-corrected chi connectivity index (χ3v) is 13.1. The molecule has 0 aliphatic rings. The smallest absolute Gasteiger partial charge is 0.306 e. The molecule has 0 saturated carbocycles. The zero-order chi connectivity index (χ0) is 45.8. The third-order valence-electron chi connectivity index (χ3n) is 13.1. The van der Waals surface area contributed by atoms with Gasteiger partial charge in [-0.05, 0) is 19.3 Å². The first kappa shape index (κ1) is 61.4. The van der Waals surface area contributed by atoms with E-state index in [0.29, 0.717) is 19.3 Å². The number of ether oxygens (including phenoxy) is 3. The Morgan fingerprint density at radius 3 is 0.635 bits per heavy atom. The predicted molar refractivity (Wildman–Crippen MR) is 270 cm³/mol. The summed E-state index contributed by atoms with van der Waals surface area (Å²) in [5, 5.41) is 0. The van der Waals surface area contributed by atoms with Crippen LogP contribution < -0.4 is 0 Å². The van der Waals surface area contributed by atoms with E-state index in [1.54, 1.807) is 0 Å². The number of rotatable bonds is 53. The fraction of sp³-hybridized carbons (Fsp3) is 0.947. The Morgan fingerprint density at radius 1 is 0.254 bits per heavy atom. The highest BCUT2D eigenvalue weighted by Gasteiger charge is 2.19. The number of carbonyl (C=O) groups is 3. The average molecular weight is 892 g/mol. The van der Waals surface area contributed by atoms with Gasteiger partial charge in [-0.15, -0.1) is 0 Å². The Balaban J connectivity index is 4.26. The van der Waals surface area contributed by atoms with E-state index in [2.05, 4.69) is 20.8 Å². The van der Waals surface area contributed by atoms with Gasteiger partial charge >= 0.3 is 17.9 Å². The lowest BCUT2D eigenvalue weighted by molar-refractivity contribution is -0.167. The minimum atomic E-state index is -0.760. The topological polar surface area (TPSA) is 78.9 Å². The Morgan fingerprint density at radius 2 is 0.429 bits per heavy atom. The van der Waals surface area contributed by atoms with E-state index in [4.69, 9.17) is 14.2 Å². The van der Waals surface area contributed by atoms with Gasteiger partial charge in [0.1, 0.15) is 13.2 Å². The summed E-state index contributed by atoms with van der Waals surface area (Å²) in [6, 6.07) is 0. The van der Waals surface area contributed by atoms with Gasteiger partial charge < -0.3 is 14.2 Å². The van der Waals surface area contributed by atoms with Crippen molar-refractivity contribution in [1.82, 2.24) is 0 Å². The van der Waals surface area contributed by atoms with Crippen LogP contribution in [0.15, 0.2) is 0 Å². The quantitative estimate of drug-likeness (QED) is 0.0344. The Hall–Kier alpha value is -1.59. The molecule has 0 radical (unpaired) electrons. The van der Waals surface area contributed by atoms with Crippen LogP contribution in [-0.2, 0) is 28.6 Å². The van der Waals surface area contributed by atoms with Crippen LogP contribution in [0.1, 0.15) is 329 Å². The zero-order valence-electron chi connectivity index (χ0n) is 42.9. The maximum atomic E-state index is 12.8. The maximum absolute atomic E-state index is 12.8. The van der Waals surface area contributed by atoms with Crippen molar-refractivity contribution in [3.8, 4) is 0 Å². The Kier molecular flexibility index (Phi) is 51.7. The van der Waals surface area contributed by atoms with Crippen LogP contribution in [0.2, 0.25) is 0 Å². The minimum Gasteiger partial charge on any atom is -0.462 e. The molecule has 0 saturated heterocycles. The van der Waals surface area contributed by atoms with Gasteiger partial charge in [-0.2, -0.15) is 0 Å². The van der Waals surface area contributed by atoms with Crippen molar-refractivity contribution in [2.24, 2.45) is 0 Å². The molecule has 63 heavy (non-hydrogen) atoms. The first-order chi connectivity index (χ1) is 31.0. The molecule has 0 fully saturated rings. The molecular weight excluding hydrogens is 781 g/mol. The number of unbranched alkanes of at least 4 members (excludes halogenated alkanes) is 42.